The number of fused-ring (bicyclic) bond motifs is 1. The first-order valence-electron chi connectivity index (χ1n) is 6.61. The Morgan fingerprint density at radius 1 is 0.864 bits per heavy atom. The molecule has 1 aliphatic rings. The highest BCUT2D eigenvalue weighted by Gasteiger charge is 2.15. The van der Waals surface area contributed by atoms with Crippen LogP contribution in [0.15, 0.2) is 42.5 Å². The maximum Gasteiger partial charge on any atom is 0.231 e. The molecule has 22 heavy (non-hydrogen) atoms. The van der Waals surface area contributed by atoms with Gasteiger partial charge < -0.3 is 9.47 Å². The average molecular weight is 300 g/mol. The summed E-state index contributed by atoms with van der Waals surface area (Å²) in [5.74, 6) is 0.0754. The molecule has 1 aromatic heterocycles. The van der Waals surface area contributed by atoms with Gasteiger partial charge in [-0.2, -0.15) is 5.10 Å². The molecule has 0 amide bonds. The average Bonchev–Trinajstić information content (AvgIpc) is 3.14. The van der Waals surface area contributed by atoms with Crippen LogP contribution in [0.4, 0.5) is 8.78 Å². The van der Waals surface area contributed by atoms with E-state index in [0.717, 1.165) is 17.3 Å². The van der Waals surface area contributed by atoms with Crippen molar-refractivity contribution in [3.8, 4) is 34.0 Å². The third-order valence-electron chi connectivity index (χ3n) is 3.42. The topological polar surface area (TPSA) is 47.1 Å². The van der Waals surface area contributed by atoms with E-state index in [1.165, 1.54) is 12.1 Å². The molecule has 0 saturated carbocycles. The van der Waals surface area contributed by atoms with Crippen LogP contribution in [-0.4, -0.2) is 17.0 Å². The fourth-order valence-corrected chi connectivity index (χ4v) is 2.38. The van der Waals surface area contributed by atoms with Gasteiger partial charge in [-0.15, -0.1) is 0 Å². The van der Waals surface area contributed by atoms with Gasteiger partial charge in [0.1, 0.15) is 11.6 Å². The molecule has 1 aliphatic heterocycles. The van der Waals surface area contributed by atoms with E-state index in [1.807, 2.05) is 12.1 Å². The van der Waals surface area contributed by atoms with Gasteiger partial charge in [0.05, 0.1) is 11.4 Å². The summed E-state index contributed by atoms with van der Waals surface area (Å²) in [6.07, 6.45) is 0. The fourth-order valence-electron chi connectivity index (χ4n) is 2.38. The number of aromatic nitrogens is 2. The van der Waals surface area contributed by atoms with Crippen molar-refractivity contribution in [3.63, 3.8) is 0 Å². The summed E-state index contributed by atoms with van der Waals surface area (Å²) in [7, 11) is 0. The van der Waals surface area contributed by atoms with E-state index in [1.54, 1.807) is 12.1 Å². The first-order valence-corrected chi connectivity index (χ1v) is 6.61. The maximum absolute atomic E-state index is 13.3. The molecule has 4 rings (SSSR count). The number of rotatable bonds is 2. The summed E-state index contributed by atoms with van der Waals surface area (Å²) < 4.78 is 37.2. The van der Waals surface area contributed by atoms with E-state index in [0.29, 0.717) is 22.8 Å². The second-order valence-corrected chi connectivity index (χ2v) is 4.89. The van der Waals surface area contributed by atoms with Crippen LogP contribution in [0.1, 0.15) is 0 Å². The van der Waals surface area contributed by atoms with E-state index < -0.39 is 11.6 Å². The SMILES string of the molecule is Fc1cc(F)cc(-c2cc(-c3ccc4c(c3)OCO4)[nH]n2)c1. The Morgan fingerprint density at radius 3 is 2.45 bits per heavy atom. The predicted molar refractivity (Wildman–Crippen MR) is 75.5 cm³/mol. The minimum Gasteiger partial charge on any atom is -0.454 e. The van der Waals surface area contributed by atoms with Crippen LogP contribution in [0.2, 0.25) is 0 Å². The number of nitrogens with zero attached hydrogens (tertiary/aromatic N) is 1. The molecule has 0 unspecified atom stereocenters. The van der Waals surface area contributed by atoms with Crippen molar-refractivity contribution in [1.29, 1.82) is 0 Å². The highest BCUT2D eigenvalue weighted by atomic mass is 19.1. The molecule has 0 spiro atoms. The van der Waals surface area contributed by atoms with Crippen LogP contribution in [0.3, 0.4) is 0 Å². The molecular formula is C16H10F2N2O2. The number of H-pyrrole nitrogens is 1. The number of benzene rings is 2. The first kappa shape index (κ1) is 12.8. The Hall–Kier alpha value is -2.89. The largest absolute Gasteiger partial charge is 0.454 e. The van der Waals surface area contributed by atoms with Gasteiger partial charge in [-0.1, -0.05) is 0 Å². The van der Waals surface area contributed by atoms with E-state index in [-0.39, 0.29) is 6.79 Å². The number of hydrogen-bond acceptors (Lipinski definition) is 3. The summed E-state index contributed by atoms with van der Waals surface area (Å²) >= 11 is 0. The lowest BCUT2D eigenvalue weighted by Crippen LogP contribution is -1.92. The van der Waals surface area contributed by atoms with Crippen LogP contribution in [-0.2, 0) is 0 Å². The zero-order valence-electron chi connectivity index (χ0n) is 11.3. The molecule has 4 nitrogen and oxygen atoms in total. The van der Waals surface area contributed by atoms with Crippen molar-refractivity contribution in [2.75, 3.05) is 6.79 Å². The number of hydrogen-bond donors (Lipinski definition) is 1. The lowest BCUT2D eigenvalue weighted by molar-refractivity contribution is 0.174. The monoisotopic (exact) mass is 300 g/mol. The molecule has 0 aliphatic carbocycles. The Kier molecular flexibility index (Phi) is 2.82. The predicted octanol–water partition coefficient (Wildman–Crippen LogP) is 3.75. The van der Waals surface area contributed by atoms with Gasteiger partial charge in [0.25, 0.3) is 0 Å². The van der Waals surface area contributed by atoms with Gasteiger partial charge >= 0.3 is 0 Å². The lowest BCUT2D eigenvalue weighted by atomic mass is 10.1. The molecule has 0 bridgehead atoms. The Labute approximate surface area is 124 Å². The summed E-state index contributed by atoms with van der Waals surface area (Å²) in [4.78, 5) is 0. The van der Waals surface area contributed by atoms with Crippen LogP contribution in [0, 0.1) is 11.6 Å². The smallest absolute Gasteiger partial charge is 0.231 e. The first-order chi connectivity index (χ1) is 10.7. The third kappa shape index (κ3) is 2.18. The summed E-state index contributed by atoms with van der Waals surface area (Å²) in [6, 6.07) is 10.5. The van der Waals surface area contributed by atoms with Crippen LogP contribution in [0.5, 0.6) is 11.5 Å². The molecule has 3 aromatic rings. The summed E-state index contributed by atoms with van der Waals surface area (Å²) in [5.41, 5.74) is 2.41. The van der Waals surface area contributed by atoms with Crippen molar-refractivity contribution in [2.24, 2.45) is 0 Å². The van der Waals surface area contributed by atoms with Crippen molar-refractivity contribution in [1.82, 2.24) is 10.2 Å². The Morgan fingerprint density at radius 2 is 1.64 bits per heavy atom. The van der Waals surface area contributed by atoms with Crippen molar-refractivity contribution in [2.45, 2.75) is 0 Å². The van der Waals surface area contributed by atoms with Crippen LogP contribution in [0.25, 0.3) is 22.5 Å². The third-order valence-corrected chi connectivity index (χ3v) is 3.42. The molecule has 0 fully saturated rings. The maximum atomic E-state index is 13.3. The number of ether oxygens (including phenoxy) is 2. The van der Waals surface area contributed by atoms with Gasteiger partial charge in [0.2, 0.25) is 6.79 Å². The van der Waals surface area contributed by atoms with E-state index in [9.17, 15) is 8.78 Å². The minimum atomic E-state index is -0.636. The van der Waals surface area contributed by atoms with Crippen LogP contribution >= 0.6 is 0 Å². The number of aromatic amines is 1. The molecule has 2 heterocycles. The molecule has 0 saturated heterocycles. The quantitative estimate of drug-likeness (QED) is 0.784. The summed E-state index contributed by atoms with van der Waals surface area (Å²) in [5, 5.41) is 6.97. The van der Waals surface area contributed by atoms with E-state index in [2.05, 4.69) is 10.2 Å². The van der Waals surface area contributed by atoms with Crippen molar-refractivity contribution in [3.05, 3.63) is 54.1 Å². The number of halogens is 2. The molecular weight excluding hydrogens is 290 g/mol. The molecule has 0 radical (unpaired) electrons. The van der Waals surface area contributed by atoms with Gasteiger partial charge in [0, 0.05) is 17.2 Å². The Bertz CT molecular complexity index is 841. The normalized spacial score (nSPS) is 12.6. The highest BCUT2D eigenvalue weighted by molar-refractivity contribution is 5.70. The standard InChI is InChI=1S/C16H10F2N2O2/c17-11-3-10(4-12(18)6-11)14-7-13(19-20-14)9-1-2-15-16(5-9)22-8-21-15/h1-7H,8H2,(H,19,20). The minimum absolute atomic E-state index is 0.204. The molecule has 110 valence electrons. The zero-order chi connectivity index (χ0) is 15.1. The zero-order valence-corrected chi connectivity index (χ0v) is 11.3. The fraction of sp³-hybridized carbons (Fsp3) is 0.0625. The molecule has 2 aromatic carbocycles. The Balaban J connectivity index is 1.72. The molecule has 1 N–H and O–H groups in total. The van der Waals surface area contributed by atoms with Gasteiger partial charge in [-0.05, 0) is 36.4 Å². The highest BCUT2D eigenvalue weighted by Crippen LogP contribution is 2.36. The van der Waals surface area contributed by atoms with Crippen LogP contribution < -0.4 is 9.47 Å². The van der Waals surface area contributed by atoms with Gasteiger partial charge in [-0.25, -0.2) is 8.78 Å². The lowest BCUT2D eigenvalue weighted by Gasteiger charge is -1.99. The molecule has 6 heteroatoms. The van der Waals surface area contributed by atoms with E-state index in [4.69, 9.17) is 9.47 Å². The van der Waals surface area contributed by atoms with Gasteiger partial charge in [0.15, 0.2) is 11.5 Å². The van der Waals surface area contributed by atoms with Crippen molar-refractivity contribution >= 4 is 0 Å². The van der Waals surface area contributed by atoms with Crippen molar-refractivity contribution < 1.29 is 18.3 Å². The second kappa shape index (κ2) is 4.84. The summed E-state index contributed by atoms with van der Waals surface area (Å²) in [6.45, 7) is 0.204. The number of nitrogens with one attached hydrogen (secondary N) is 1. The molecule has 0 atom stereocenters. The van der Waals surface area contributed by atoms with Gasteiger partial charge in [-0.3, -0.25) is 5.10 Å². The van der Waals surface area contributed by atoms with E-state index >= 15 is 0 Å². The second-order valence-electron chi connectivity index (χ2n) is 4.89.